The maximum absolute atomic E-state index is 11.9. The number of aromatic nitrogens is 1. The summed E-state index contributed by atoms with van der Waals surface area (Å²) in [7, 11) is 0. The van der Waals surface area contributed by atoms with E-state index in [2.05, 4.69) is 15.5 Å². The number of benzene rings is 1. The van der Waals surface area contributed by atoms with Gasteiger partial charge < -0.3 is 5.11 Å². The molecule has 0 aliphatic heterocycles. The van der Waals surface area contributed by atoms with Crippen LogP contribution in [0, 0.1) is 0 Å². The molecule has 2 aromatic rings. The Morgan fingerprint density at radius 2 is 2.00 bits per heavy atom. The van der Waals surface area contributed by atoms with Gasteiger partial charge in [-0.15, -0.1) is 0 Å². The summed E-state index contributed by atoms with van der Waals surface area (Å²) in [5.41, 5.74) is 4.56. The quantitative estimate of drug-likeness (QED) is 0.660. The van der Waals surface area contributed by atoms with Crippen molar-refractivity contribution >= 4 is 11.6 Å². The number of phenolic OH excluding ortho intramolecular Hbond substituents is 1. The summed E-state index contributed by atoms with van der Waals surface area (Å²) in [5.74, 6) is -0.105. The monoisotopic (exact) mass is 269 g/mol. The number of hydrogen-bond acceptors (Lipinski definition) is 4. The lowest BCUT2D eigenvalue weighted by Crippen LogP contribution is -2.20. The van der Waals surface area contributed by atoms with Crippen LogP contribution >= 0.6 is 0 Å². The number of pyridine rings is 1. The van der Waals surface area contributed by atoms with E-state index in [0.29, 0.717) is 12.0 Å². The second-order valence-electron chi connectivity index (χ2n) is 4.14. The summed E-state index contributed by atoms with van der Waals surface area (Å²) in [5, 5.41) is 13.4. The molecule has 0 aliphatic carbocycles. The van der Waals surface area contributed by atoms with Crippen LogP contribution < -0.4 is 5.43 Å². The summed E-state index contributed by atoms with van der Waals surface area (Å²) >= 11 is 0. The van der Waals surface area contributed by atoms with Gasteiger partial charge in [0.1, 0.15) is 5.75 Å². The van der Waals surface area contributed by atoms with Gasteiger partial charge in [0.25, 0.3) is 5.91 Å². The van der Waals surface area contributed by atoms with E-state index in [1.807, 2.05) is 6.92 Å². The topological polar surface area (TPSA) is 74.6 Å². The third-order valence-electron chi connectivity index (χ3n) is 2.75. The fourth-order valence-electron chi connectivity index (χ4n) is 1.68. The van der Waals surface area contributed by atoms with Crippen molar-refractivity contribution in [2.75, 3.05) is 0 Å². The predicted octanol–water partition coefficient (Wildman–Crippen LogP) is 2.33. The van der Waals surface area contributed by atoms with Crippen molar-refractivity contribution in [2.24, 2.45) is 5.10 Å². The van der Waals surface area contributed by atoms with Gasteiger partial charge in [-0.3, -0.25) is 9.78 Å². The summed E-state index contributed by atoms with van der Waals surface area (Å²) in [6, 6.07) is 10.1. The minimum absolute atomic E-state index is 0.198. The lowest BCUT2D eigenvalue weighted by Gasteiger charge is -2.05. The van der Waals surface area contributed by atoms with E-state index in [9.17, 15) is 9.90 Å². The van der Waals surface area contributed by atoms with Crippen LogP contribution in [-0.4, -0.2) is 21.7 Å². The number of nitrogens with zero attached hydrogens (tertiary/aromatic N) is 2. The van der Waals surface area contributed by atoms with Crippen molar-refractivity contribution in [3.05, 3.63) is 59.9 Å². The fourth-order valence-corrected chi connectivity index (χ4v) is 1.68. The van der Waals surface area contributed by atoms with E-state index in [0.717, 1.165) is 11.3 Å². The summed E-state index contributed by atoms with van der Waals surface area (Å²) in [4.78, 5) is 15.7. The van der Waals surface area contributed by atoms with Gasteiger partial charge in [0.15, 0.2) is 0 Å². The van der Waals surface area contributed by atoms with Crippen LogP contribution in [0.3, 0.4) is 0 Å². The zero-order chi connectivity index (χ0) is 14.4. The van der Waals surface area contributed by atoms with E-state index in [-0.39, 0.29) is 11.7 Å². The molecule has 1 amide bonds. The second-order valence-corrected chi connectivity index (χ2v) is 4.14. The molecular formula is C15H15N3O2. The molecule has 0 bridgehead atoms. The molecule has 102 valence electrons. The van der Waals surface area contributed by atoms with E-state index in [1.165, 1.54) is 6.20 Å². The molecule has 5 nitrogen and oxygen atoms in total. The Bertz CT molecular complexity index is 607. The second kappa shape index (κ2) is 6.47. The van der Waals surface area contributed by atoms with Crippen molar-refractivity contribution in [3.8, 4) is 5.75 Å². The van der Waals surface area contributed by atoms with E-state index in [4.69, 9.17) is 0 Å². The molecule has 0 unspecified atom stereocenters. The zero-order valence-electron chi connectivity index (χ0n) is 11.1. The van der Waals surface area contributed by atoms with Gasteiger partial charge in [0, 0.05) is 12.4 Å². The highest BCUT2D eigenvalue weighted by Crippen LogP contribution is 2.11. The van der Waals surface area contributed by atoms with Crippen LogP contribution in [0.5, 0.6) is 5.75 Å². The molecule has 1 aromatic heterocycles. The number of hydrogen-bond donors (Lipinski definition) is 2. The Balaban J connectivity index is 2.12. The zero-order valence-corrected chi connectivity index (χ0v) is 11.1. The molecule has 1 aromatic carbocycles. The number of amides is 1. The van der Waals surface area contributed by atoms with Gasteiger partial charge in [-0.25, -0.2) is 5.43 Å². The maximum Gasteiger partial charge on any atom is 0.272 e. The molecule has 0 spiro atoms. The van der Waals surface area contributed by atoms with Crippen molar-refractivity contribution < 1.29 is 9.90 Å². The lowest BCUT2D eigenvalue weighted by atomic mass is 10.1. The lowest BCUT2D eigenvalue weighted by molar-refractivity contribution is 0.0954. The molecule has 0 saturated carbocycles. The van der Waals surface area contributed by atoms with Crippen LogP contribution in [0.4, 0.5) is 0 Å². The number of aromatic hydroxyl groups is 1. The van der Waals surface area contributed by atoms with Crippen LogP contribution in [0.25, 0.3) is 0 Å². The molecular weight excluding hydrogens is 254 g/mol. The van der Waals surface area contributed by atoms with Crippen molar-refractivity contribution in [1.29, 1.82) is 0 Å². The maximum atomic E-state index is 11.9. The molecule has 1 heterocycles. The summed E-state index contributed by atoms with van der Waals surface area (Å²) in [6.07, 6.45) is 3.75. The highest BCUT2D eigenvalue weighted by Gasteiger charge is 2.06. The van der Waals surface area contributed by atoms with Gasteiger partial charge in [-0.05, 0) is 48.4 Å². The number of rotatable bonds is 4. The SMILES string of the molecule is CC/C(=N/NC(=O)c1cccnc1)c1ccc(O)cc1. The number of carbonyl (C=O) groups excluding carboxylic acids is 1. The normalized spacial score (nSPS) is 11.2. The smallest absolute Gasteiger partial charge is 0.272 e. The van der Waals surface area contributed by atoms with Crippen LogP contribution in [-0.2, 0) is 0 Å². The van der Waals surface area contributed by atoms with Crippen molar-refractivity contribution in [2.45, 2.75) is 13.3 Å². The Labute approximate surface area is 117 Å². The molecule has 0 atom stereocenters. The molecule has 5 heteroatoms. The Kier molecular flexibility index (Phi) is 4.44. The number of carbonyl (C=O) groups is 1. The third kappa shape index (κ3) is 3.41. The molecule has 2 N–H and O–H groups in total. The van der Waals surface area contributed by atoms with Gasteiger partial charge in [-0.2, -0.15) is 5.10 Å². The van der Waals surface area contributed by atoms with Crippen molar-refractivity contribution in [1.82, 2.24) is 10.4 Å². The van der Waals surface area contributed by atoms with Gasteiger partial charge in [0.05, 0.1) is 11.3 Å². The van der Waals surface area contributed by atoms with Crippen LogP contribution in [0.15, 0.2) is 53.9 Å². The first-order valence-electron chi connectivity index (χ1n) is 6.27. The molecule has 0 saturated heterocycles. The van der Waals surface area contributed by atoms with Gasteiger partial charge in [0.2, 0.25) is 0 Å². The van der Waals surface area contributed by atoms with E-state index >= 15 is 0 Å². The molecule has 20 heavy (non-hydrogen) atoms. The van der Waals surface area contributed by atoms with Crippen LogP contribution in [0.2, 0.25) is 0 Å². The highest BCUT2D eigenvalue weighted by atomic mass is 16.3. The fraction of sp³-hybridized carbons (Fsp3) is 0.133. The first-order valence-corrected chi connectivity index (χ1v) is 6.27. The molecule has 0 fully saturated rings. The first kappa shape index (κ1) is 13.7. The Morgan fingerprint density at radius 1 is 1.25 bits per heavy atom. The van der Waals surface area contributed by atoms with Gasteiger partial charge in [-0.1, -0.05) is 6.92 Å². The average Bonchev–Trinajstić information content (AvgIpc) is 2.50. The summed E-state index contributed by atoms with van der Waals surface area (Å²) < 4.78 is 0. The molecule has 0 radical (unpaired) electrons. The molecule has 0 aliphatic rings. The Morgan fingerprint density at radius 3 is 2.60 bits per heavy atom. The third-order valence-corrected chi connectivity index (χ3v) is 2.75. The minimum atomic E-state index is -0.303. The summed E-state index contributed by atoms with van der Waals surface area (Å²) in [6.45, 7) is 1.95. The van der Waals surface area contributed by atoms with E-state index in [1.54, 1.807) is 42.6 Å². The number of hydrazone groups is 1. The number of phenols is 1. The predicted molar refractivity (Wildman–Crippen MR) is 76.6 cm³/mol. The Hall–Kier alpha value is -2.69. The largest absolute Gasteiger partial charge is 0.508 e. The van der Waals surface area contributed by atoms with Crippen molar-refractivity contribution in [3.63, 3.8) is 0 Å². The first-order chi connectivity index (χ1) is 9.70. The molecule has 2 rings (SSSR count). The highest BCUT2D eigenvalue weighted by molar-refractivity contribution is 6.02. The van der Waals surface area contributed by atoms with E-state index < -0.39 is 0 Å². The average molecular weight is 269 g/mol. The van der Waals surface area contributed by atoms with Gasteiger partial charge >= 0.3 is 0 Å². The van der Waals surface area contributed by atoms with Crippen LogP contribution in [0.1, 0.15) is 29.3 Å². The minimum Gasteiger partial charge on any atom is -0.508 e. The standard InChI is InChI=1S/C15H15N3O2/c1-2-14(11-5-7-13(19)8-6-11)17-18-15(20)12-4-3-9-16-10-12/h3-10,19H,2H2,1H3,(H,18,20)/b17-14-. The number of nitrogens with one attached hydrogen (secondary N) is 1.